The van der Waals surface area contributed by atoms with E-state index in [9.17, 15) is 0 Å². The van der Waals surface area contributed by atoms with E-state index in [0.717, 1.165) is 34.9 Å². The topological polar surface area (TPSA) is 36.7 Å². The van der Waals surface area contributed by atoms with E-state index in [1.165, 1.54) is 32.4 Å². The number of anilines is 1. The van der Waals surface area contributed by atoms with Crippen LogP contribution in [-0.4, -0.2) is 51.7 Å². The number of rotatable bonds is 2. The SMILES string of the molecule is CC(C)(C)c1cn2nc(N3CCC(N4CCCC4)C3)sc2n1. The molecule has 0 saturated carbocycles. The van der Waals surface area contributed by atoms with E-state index in [1.54, 1.807) is 11.3 Å². The first kappa shape index (κ1) is 14.5. The van der Waals surface area contributed by atoms with E-state index >= 15 is 0 Å². The normalized spacial score (nSPS) is 24.0. The Bertz CT molecular complexity index is 630. The predicted molar refractivity (Wildman–Crippen MR) is 91.0 cm³/mol. The van der Waals surface area contributed by atoms with Crippen LogP contribution in [0.3, 0.4) is 0 Å². The maximum Gasteiger partial charge on any atom is 0.214 e. The Morgan fingerprint density at radius 1 is 1.18 bits per heavy atom. The van der Waals surface area contributed by atoms with Crippen molar-refractivity contribution in [3.05, 3.63) is 11.9 Å². The minimum Gasteiger partial charge on any atom is -0.345 e. The smallest absolute Gasteiger partial charge is 0.214 e. The molecule has 0 aliphatic carbocycles. The number of likely N-dealkylation sites (tertiary alicyclic amines) is 1. The first-order valence-electron chi connectivity index (χ1n) is 8.36. The zero-order valence-electron chi connectivity index (χ0n) is 13.7. The molecule has 0 bridgehead atoms. The lowest BCUT2D eigenvalue weighted by atomic mass is 9.93. The highest BCUT2D eigenvalue weighted by Gasteiger charge is 2.31. The number of nitrogens with zero attached hydrogens (tertiary/aromatic N) is 5. The van der Waals surface area contributed by atoms with Crippen molar-refractivity contribution in [2.24, 2.45) is 0 Å². The lowest BCUT2D eigenvalue weighted by Gasteiger charge is -2.23. The summed E-state index contributed by atoms with van der Waals surface area (Å²) < 4.78 is 1.96. The second-order valence-corrected chi connectivity index (χ2v) is 8.55. The van der Waals surface area contributed by atoms with Gasteiger partial charge in [0.1, 0.15) is 0 Å². The molecule has 2 aliphatic rings. The summed E-state index contributed by atoms with van der Waals surface area (Å²) in [6.07, 6.45) is 6.10. The molecule has 2 saturated heterocycles. The summed E-state index contributed by atoms with van der Waals surface area (Å²) in [6.45, 7) is 11.4. The molecule has 1 unspecified atom stereocenters. The van der Waals surface area contributed by atoms with E-state index in [2.05, 4.69) is 36.8 Å². The highest BCUT2D eigenvalue weighted by molar-refractivity contribution is 7.20. The van der Waals surface area contributed by atoms with Crippen molar-refractivity contribution in [3.8, 4) is 0 Å². The number of hydrogen-bond acceptors (Lipinski definition) is 5. The maximum atomic E-state index is 4.77. The molecule has 120 valence electrons. The van der Waals surface area contributed by atoms with E-state index in [0.29, 0.717) is 0 Å². The zero-order chi connectivity index (χ0) is 15.3. The third-order valence-corrected chi connectivity index (χ3v) is 5.88. The quantitative estimate of drug-likeness (QED) is 0.853. The molecule has 0 amide bonds. The lowest BCUT2D eigenvalue weighted by Crippen LogP contribution is -2.35. The standard InChI is InChI=1S/C16H25N5S/c1-16(2,3)13-11-21-14(17-13)22-15(18-21)20-9-6-12(10-20)19-7-4-5-8-19/h11-12H,4-10H2,1-3H3. The monoisotopic (exact) mass is 319 g/mol. The fourth-order valence-electron chi connectivity index (χ4n) is 3.50. The highest BCUT2D eigenvalue weighted by atomic mass is 32.1. The molecular weight excluding hydrogens is 294 g/mol. The van der Waals surface area contributed by atoms with Crippen LogP contribution in [0, 0.1) is 0 Å². The second kappa shape index (κ2) is 5.20. The van der Waals surface area contributed by atoms with E-state index in [-0.39, 0.29) is 5.41 Å². The van der Waals surface area contributed by atoms with E-state index in [4.69, 9.17) is 10.1 Å². The molecule has 2 aromatic rings. The van der Waals surface area contributed by atoms with E-state index < -0.39 is 0 Å². The van der Waals surface area contributed by atoms with E-state index in [1.807, 2.05) is 4.52 Å². The van der Waals surface area contributed by atoms with Crippen molar-refractivity contribution in [1.29, 1.82) is 0 Å². The van der Waals surface area contributed by atoms with Crippen LogP contribution in [0.5, 0.6) is 0 Å². The Labute approximate surface area is 135 Å². The van der Waals surface area contributed by atoms with Gasteiger partial charge in [-0.15, -0.1) is 5.10 Å². The molecule has 0 spiro atoms. The van der Waals surface area contributed by atoms with Crippen LogP contribution in [-0.2, 0) is 5.41 Å². The summed E-state index contributed by atoms with van der Waals surface area (Å²) in [4.78, 5) is 10.9. The summed E-state index contributed by atoms with van der Waals surface area (Å²) in [5.41, 5.74) is 1.20. The Balaban J connectivity index is 1.51. The molecule has 5 nitrogen and oxygen atoms in total. The summed E-state index contributed by atoms with van der Waals surface area (Å²) in [5.74, 6) is 0. The van der Waals surface area contributed by atoms with Gasteiger partial charge in [0.25, 0.3) is 0 Å². The van der Waals surface area contributed by atoms with Gasteiger partial charge >= 0.3 is 0 Å². The Kier molecular flexibility index (Phi) is 3.42. The molecule has 22 heavy (non-hydrogen) atoms. The van der Waals surface area contributed by atoms with Crippen molar-refractivity contribution in [3.63, 3.8) is 0 Å². The third kappa shape index (κ3) is 2.52. The third-order valence-electron chi connectivity index (χ3n) is 4.89. The molecule has 0 radical (unpaired) electrons. The maximum absolute atomic E-state index is 4.77. The van der Waals surface area contributed by atoms with Gasteiger partial charge in [0, 0.05) is 24.5 Å². The molecular formula is C16H25N5S. The summed E-state index contributed by atoms with van der Waals surface area (Å²) in [5, 5.41) is 5.90. The van der Waals surface area contributed by atoms with Crippen LogP contribution in [0.4, 0.5) is 5.13 Å². The van der Waals surface area contributed by atoms with Crippen LogP contribution < -0.4 is 4.90 Å². The molecule has 2 aliphatic heterocycles. The Hall–Kier alpha value is -1.14. The van der Waals surface area contributed by atoms with Gasteiger partial charge in [-0.05, 0) is 32.4 Å². The van der Waals surface area contributed by atoms with Crippen LogP contribution in [0.25, 0.3) is 4.96 Å². The Morgan fingerprint density at radius 3 is 2.64 bits per heavy atom. The number of aromatic nitrogens is 3. The van der Waals surface area contributed by atoms with Gasteiger partial charge in [-0.2, -0.15) is 0 Å². The fraction of sp³-hybridized carbons (Fsp3) is 0.750. The van der Waals surface area contributed by atoms with Gasteiger partial charge < -0.3 is 4.90 Å². The minimum absolute atomic E-state index is 0.0854. The van der Waals surface area contributed by atoms with Gasteiger partial charge in [0.15, 0.2) is 0 Å². The van der Waals surface area contributed by atoms with Gasteiger partial charge in [-0.1, -0.05) is 32.1 Å². The first-order chi connectivity index (χ1) is 10.5. The summed E-state index contributed by atoms with van der Waals surface area (Å²) in [6, 6.07) is 0.726. The number of imidazole rings is 1. The largest absolute Gasteiger partial charge is 0.345 e. The van der Waals surface area contributed by atoms with Gasteiger partial charge in [0.05, 0.1) is 11.9 Å². The zero-order valence-corrected chi connectivity index (χ0v) is 14.6. The van der Waals surface area contributed by atoms with Crippen molar-refractivity contribution in [2.75, 3.05) is 31.1 Å². The van der Waals surface area contributed by atoms with Crippen molar-refractivity contribution < 1.29 is 0 Å². The van der Waals surface area contributed by atoms with Crippen LogP contribution in [0.15, 0.2) is 6.20 Å². The average Bonchev–Trinajstić information content (AvgIpc) is 3.20. The summed E-state index contributed by atoms with van der Waals surface area (Å²) in [7, 11) is 0. The molecule has 4 heterocycles. The van der Waals surface area contributed by atoms with Gasteiger partial charge in [-0.25, -0.2) is 9.50 Å². The van der Waals surface area contributed by atoms with Gasteiger partial charge in [0.2, 0.25) is 10.1 Å². The second-order valence-electron chi connectivity index (χ2n) is 7.62. The molecule has 4 rings (SSSR count). The molecule has 2 fully saturated rings. The Morgan fingerprint density at radius 2 is 1.95 bits per heavy atom. The van der Waals surface area contributed by atoms with Crippen LogP contribution >= 0.6 is 11.3 Å². The predicted octanol–water partition coefficient (Wildman–Crippen LogP) is 2.76. The molecule has 2 aromatic heterocycles. The molecule has 0 N–H and O–H groups in total. The fourth-order valence-corrected chi connectivity index (χ4v) is 4.42. The number of hydrogen-bond donors (Lipinski definition) is 0. The lowest BCUT2D eigenvalue weighted by molar-refractivity contribution is 0.260. The van der Waals surface area contributed by atoms with Gasteiger partial charge in [-0.3, -0.25) is 4.90 Å². The highest BCUT2D eigenvalue weighted by Crippen LogP contribution is 2.30. The molecule has 6 heteroatoms. The van der Waals surface area contributed by atoms with Crippen molar-refractivity contribution >= 4 is 21.4 Å². The van der Waals surface area contributed by atoms with Crippen molar-refractivity contribution in [2.45, 2.75) is 51.5 Å². The van der Waals surface area contributed by atoms with Crippen LogP contribution in [0.1, 0.15) is 45.7 Å². The molecule has 1 atom stereocenters. The first-order valence-corrected chi connectivity index (χ1v) is 9.18. The molecule has 0 aromatic carbocycles. The van der Waals surface area contributed by atoms with Crippen LogP contribution in [0.2, 0.25) is 0 Å². The summed E-state index contributed by atoms with van der Waals surface area (Å²) >= 11 is 1.72. The minimum atomic E-state index is 0.0854. The van der Waals surface area contributed by atoms with Crippen molar-refractivity contribution in [1.82, 2.24) is 19.5 Å². The number of fused-ring (bicyclic) bond motifs is 1. The average molecular weight is 319 g/mol.